The summed E-state index contributed by atoms with van der Waals surface area (Å²) in [5.41, 5.74) is 1.10. The van der Waals surface area contributed by atoms with E-state index in [0.717, 1.165) is 5.56 Å². The molecule has 0 saturated heterocycles. The van der Waals surface area contributed by atoms with Crippen LogP contribution in [-0.2, 0) is 16.1 Å². The van der Waals surface area contributed by atoms with E-state index in [1.54, 1.807) is 31.2 Å². The molecule has 0 aliphatic heterocycles. The quantitative estimate of drug-likeness (QED) is 0.609. The van der Waals surface area contributed by atoms with Crippen LogP contribution in [0.15, 0.2) is 59.0 Å². The van der Waals surface area contributed by atoms with Crippen LogP contribution < -0.4 is 5.32 Å². The molecular weight excluding hydrogens is 382 g/mol. The molecule has 8 heteroatoms. The third kappa shape index (κ3) is 5.17. The highest BCUT2D eigenvalue weighted by atomic mass is 35.5. The highest BCUT2D eigenvalue weighted by Gasteiger charge is 2.21. The fraction of sp³-hybridized carbons (Fsp3) is 0.200. The zero-order valence-corrected chi connectivity index (χ0v) is 15.8. The number of amides is 1. The van der Waals surface area contributed by atoms with Gasteiger partial charge in [0.05, 0.1) is 23.0 Å². The highest BCUT2D eigenvalue weighted by Crippen LogP contribution is 2.21. The number of esters is 1. The molecule has 7 nitrogen and oxygen atoms in total. The van der Waals surface area contributed by atoms with Crippen LogP contribution in [0.4, 0.5) is 0 Å². The summed E-state index contributed by atoms with van der Waals surface area (Å²) in [5, 5.41) is 10.6. The lowest BCUT2D eigenvalue weighted by Crippen LogP contribution is -2.30. The molecular formula is C20H18ClN3O4. The Hall–Kier alpha value is -3.19. The second-order valence-corrected chi connectivity index (χ2v) is 6.40. The number of aryl methyl sites for hydroxylation is 1. The van der Waals surface area contributed by atoms with Crippen molar-refractivity contribution in [2.75, 3.05) is 0 Å². The molecule has 1 amide bonds. The number of ether oxygens (including phenoxy) is 1. The fourth-order valence-electron chi connectivity index (χ4n) is 2.58. The lowest BCUT2D eigenvalue weighted by atomic mass is 10.0. The van der Waals surface area contributed by atoms with E-state index in [9.17, 15) is 9.59 Å². The minimum absolute atomic E-state index is 0.0622. The van der Waals surface area contributed by atoms with E-state index in [1.807, 2.05) is 30.3 Å². The van der Waals surface area contributed by atoms with E-state index < -0.39 is 12.0 Å². The van der Waals surface area contributed by atoms with Crippen LogP contribution in [-0.4, -0.2) is 22.1 Å². The number of aromatic nitrogens is 2. The van der Waals surface area contributed by atoms with Crippen LogP contribution in [0.1, 0.15) is 40.2 Å². The normalized spacial score (nSPS) is 11.6. The molecule has 0 fully saturated rings. The molecule has 1 atom stereocenters. The lowest BCUT2D eigenvalue weighted by Gasteiger charge is -2.19. The van der Waals surface area contributed by atoms with Gasteiger partial charge in [0.1, 0.15) is 0 Å². The van der Waals surface area contributed by atoms with Gasteiger partial charge in [0.2, 0.25) is 5.89 Å². The first kappa shape index (κ1) is 19.6. The van der Waals surface area contributed by atoms with Crippen LogP contribution in [0.25, 0.3) is 0 Å². The second kappa shape index (κ2) is 9.14. The summed E-state index contributed by atoms with van der Waals surface area (Å²) >= 11 is 6.10. The Labute approximate surface area is 166 Å². The first-order valence-electron chi connectivity index (χ1n) is 8.58. The summed E-state index contributed by atoms with van der Waals surface area (Å²) in [7, 11) is 0. The van der Waals surface area contributed by atoms with Gasteiger partial charge in [-0.15, -0.1) is 10.2 Å². The molecule has 0 radical (unpaired) electrons. The van der Waals surface area contributed by atoms with Crippen molar-refractivity contribution in [2.24, 2.45) is 0 Å². The molecule has 3 rings (SSSR count). The third-order valence-corrected chi connectivity index (χ3v) is 4.25. The molecule has 0 aliphatic rings. The molecule has 144 valence electrons. The van der Waals surface area contributed by atoms with Crippen LogP contribution >= 0.6 is 11.6 Å². The number of carbonyl (C=O) groups excluding carboxylic acids is 2. The van der Waals surface area contributed by atoms with Gasteiger partial charge >= 0.3 is 5.97 Å². The SMILES string of the molecule is Cc1nnc(COC(=O)C[C@@H](NC(=O)c2ccccc2Cl)c2ccccc2)o1. The van der Waals surface area contributed by atoms with E-state index in [1.165, 1.54) is 0 Å². The summed E-state index contributed by atoms with van der Waals surface area (Å²) < 4.78 is 10.4. The first-order chi connectivity index (χ1) is 13.5. The van der Waals surface area contributed by atoms with Crippen molar-refractivity contribution in [3.63, 3.8) is 0 Å². The largest absolute Gasteiger partial charge is 0.456 e. The number of nitrogens with one attached hydrogen (secondary N) is 1. The number of benzene rings is 2. The lowest BCUT2D eigenvalue weighted by molar-refractivity contribution is -0.146. The topological polar surface area (TPSA) is 94.3 Å². The molecule has 1 heterocycles. The smallest absolute Gasteiger partial charge is 0.308 e. The van der Waals surface area contributed by atoms with Crippen molar-refractivity contribution < 1.29 is 18.7 Å². The maximum atomic E-state index is 12.6. The molecule has 1 aromatic heterocycles. The average Bonchev–Trinajstić information content (AvgIpc) is 3.12. The van der Waals surface area contributed by atoms with Crippen LogP contribution in [0.5, 0.6) is 0 Å². The number of hydrogen-bond acceptors (Lipinski definition) is 6. The molecule has 0 spiro atoms. The van der Waals surface area contributed by atoms with E-state index in [2.05, 4.69) is 15.5 Å². The minimum atomic E-state index is -0.582. The molecule has 3 aromatic rings. The second-order valence-electron chi connectivity index (χ2n) is 6.00. The predicted molar refractivity (Wildman–Crippen MR) is 102 cm³/mol. The van der Waals surface area contributed by atoms with Crippen LogP contribution in [0.2, 0.25) is 5.02 Å². The van der Waals surface area contributed by atoms with Crippen LogP contribution in [0, 0.1) is 6.92 Å². The fourth-order valence-corrected chi connectivity index (χ4v) is 2.80. The number of carbonyl (C=O) groups is 2. The number of nitrogens with zero attached hydrogens (tertiary/aromatic N) is 2. The first-order valence-corrected chi connectivity index (χ1v) is 8.95. The highest BCUT2D eigenvalue weighted by molar-refractivity contribution is 6.33. The summed E-state index contributed by atoms with van der Waals surface area (Å²) in [5.74, 6) is -0.286. The van der Waals surface area contributed by atoms with Gasteiger partial charge in [-0.1, -0.05) is 54.1 Å². The van der Waals surface area contributed by atoms with Gasteiger partial charge in [0, 0.05) is 6.92 Å². The van der Waals surface area contributed by atoms with Gasteiger partial charge in [-0.25, -0.2) is 0 Å². The van der Waals surface area contributed by atoms with Gasteiger partial charge in [0.25, 0.3) is 11.8 Å². The Morgan fingerprint density at radius 3 is 2.50 bits per heavy atom. The molecule has 0 saturated carbocycles. The van der Waals surface area contributed by atoms with Crippen molar-refractivity contribution in [1.82, 2.24) is 15.5 Å². The molecule has 2 aromatic carbocycles. The molecule has 0 unspecified atom stereocenters. The van der Waals surface area contributed by atoms with E-state index >= 15 is 0 Å². The van der Waals surface area contributed by atoms with Crippen molar-refractivity contribution in [3.8, 4) is 0 Å². The minimum Gasteiger partial charge on any atom is -0.456 e. The van der Waals surface area contributed by atoms with Gasteiger partial charge in [0.15, 0.2) is 6.61 Å². The Morgan fingerprint density at radius 2 is 1.82 bits per heavy atom. The number of hydrogen-bond donors (Lipinski definition) is 1. The molecule has 0 bridgehead atoms. The summed E-state index contributed by atoms with van der Waals surface area (Å²) in [6, 6.07) is 15.3. The Morgan fingerprint density at radius 1 is 1.11 bits per heavy atom. The predicted octanol–water partition coefficient (Wildman–Crippen LogP) is 3.64. The molecule has 0 aliphatic carbocycles. The number of halogens is 1. The van der Waals surface area contributed by atoms with Crippen LogP contribution in [0.3, 0.4) is 0 Å². The molecule has 1 N–H and O–H groups in total. The number of rotatable bonds is 7. The van der Waals surface area contributed by atoms with Gasteiger partial charge in [-0.2, -0.15) is 0 Å². The summed E-state index contributed by atoms with van der Waals surface area (Å²) in [6.45, 7) is 1.52. The van der Waals surface area contributed by atoms with Crippen molar-refractivity contribution in [1.29, 1.82) is 0 Å². The van der Waals surface area contributed by atoms with Crippen molar-refractivity contribution >= 4 is 23.5 Å². The maximum Gasteiger partial charge on any atom is 0.308 e. The molecule has 28 heavy (non-hydrogen) atoms. The van der Waals surface area contributed by atoms with E-state index in [4.69, 9.17) is 20.8 Å². The summed E-state index contributed by atoms with van der Waals surface area (Å²) in [4.78, 5) is 24.9. The zero-order chi connectivity index (χ0) is 19.9. The Kier molecular flexibility index (Phi) is 6.39. The summed E-state index contributed by atoms with van der Waals surface area (Å²) in [6.07, 6.45) is -0.0622. The Balaban J connectivity index is 1.69. The van der Waals surface area contributed by atoms with Gasteiger partial charge < -0.3 is 14.5 Å². The van der Waals surface area contributed by atoms with Crippen molar-refractivity contribution in [3.05, 3.63) is 82.5 Å². The monoisotopic (exact) mass is 399 g/mol. The van der Waals surface area contributed by atoms with Crippen molar-refractivity contribution in [2.45, 2.75) is 26.0 Å². The third-order valence-electron chi connectivity index (χ3n) is 3.92. The van der Waals surface area contributed by atoms with Gasteiger partial charge in [-0.3, -0.25) is 9.59 Å². The van der Waals surface area contributed by atoms with E-state index in [0.29, 0.717) is 16.5 Å². The zero-order valence-electron chi connectivity index (χ0n) is 15.1. The maximum absolute atomic E-state index is 12.6. The average molecular weight is 400 g/mol. The Bertz CT molecular complexity index is 959. The van der Waals surface area contributed by atoms with Gasteiger partial charge in [-0.05, 0) is 17.7 Å². The van der Waals surface area contributed by atoms with E-state index in [-0.39, 0.29) is 24.8 Å². The standard InChI is InChI=1S/C20H18ClN3O4/c1-13-23-24-18(28-13)12-27-19(25)11-17(14-7-3-2-4-8-14)22-20(26)15-9-5-6-10-16(15)21/h2-10,17H,11-12H2,1H3,(H,22,26)/t17-/m1/s1.